The van der Waals surface area contributed by atoms with E-state index in [1.807, 2.05) is 13.8 Å². The Kier molecular flexibility index (Phi) is 11.4. The molecule has 4 rings (SSSR count). The van der Waals surface area contributed by atoms with Gasteiger partial charge in [-0.05, 0) is 32.2 Å². The van der Waals surface area contributed by atoms with Crippen molar-refractivity contribution in [3.05, 3.63) is 24.7 Å². The normalized spacial score (nSPS) is 20.8. The monoisotopic (exact) mass is 611 g/mol. The zero-order valence-corrected chi connectivity index (χ0v) is 25.3. The van der Waals surface area contributed by atoms with Gasteiger partial charge >= 0.3 is 12.1 Å². The summed E-state index contributed by atoms with van der Waals surface area (Å²) in [6.45, 7) is 7.44. The molecule has 2 unspecified atom stereocenters. The van der Waals surface area contributed by atoms with E-state index in [-0.39, 0.29) is 48.1 Å². The van der Waals surface area contributed by atoms with Crippen LogP contribution in [0.1, 0.15) is 33.6 Å². The Balaban J connectivity index is 0.00000237. The molecule has 2 aliphatic rings. The highest BCUT2D eigenvalue weighted by molar-refractivity contribution is 7.79. The number of nitrogens with zero attached hydrogens (tertiary/aromatic N) is 6. The summed E-state index contributed by atoms with van der Waals surface area (Å²) in [4.78, 5) is 44.4. The van der Waals surface area contributed by atoms with Gasteiger partial charge in [-0.1, -0.05) is 13.8 Å². The molecule has 4 heterocycles. The standard InChI is InChI=1S/C25H35F2N9O4.CH4S/c1-5-39-20-13-30-19(12-31-20)33-22(37)35(4)16-14-36(11-8-25(16,26)27)21-29-10-7-18(32-21)34-23(38)40-17-6-9-28-15-24(17,2)3;1-2/h7,10,12-13,16-17,28H,5-6,8-9,11,14-15H2,1-4H3,(H,30,33,37)(H,29,32,34,38);2H,1H3. The molecule has 2 aromatic rings. The van der Waals surface area contributed by atoms with Crippen LogP contribution < -0.4 is 25.6 Å². The number of carbonyl (C=O) groups is 2. The van der Waals surface area contributed by atoms with Crippen LogP contribution in [0.5, 0.6) is 5.88 Å². The molecule has 0 aromatic carbocycles. The fourth-order valence-electron chi connectivity index (χ4n) is 4.61. The molecule has 0 radical (unpaired) electrons. The number of aromatic nitrogens is 4. The molecular weight excluding hydrogens is 572 g/mol. The van der Waals surface area contributed by atoms with Crippen molar-refractivity contribution in [2.75, 3.05) is 61.6 Å². The molecule has 13 nitrogen and oxygen atoms in total. The van der Waals surface area contributed by atoms with Crippen LogP contribution in [0.15, 0.2) is 24.7 Å². The first-order valence-corrected chi connectivity index (χ1v) is 14.5. The number of rotatable bonds is 7. The maximum Gasteiger partial charge on any atom is 0.413 e. The highest BCUT2D eigenvalue weighted by Crippen LogP contribution is 2.33. The van der Waals surface area contributed by atoms with Gasteiger partial charge in [0, 0.05) is 44.7 Å². The molecule has 2 aromatic heterocycles. The number of amides is 3. The Labute approximate surface area is 249 Å². The van der Waals surface area contributed by atoms with Crippen molar-refractivity contribution in [3.8, 4) is 5.88 Å². The number of hydrogen-bond donors (Lipinski definition) is 4. The van der Waals surface area contributed by atoms with Gasteiger partial charge in [0.05, 0.1) is 19.0 Å². The van der Waals surface area contributed by atoms with E-state index in [9.17, 15) is 18.4 Å². The number of likely N-dealkylation sites (N-methyl/N-ethyl adjacent to an activating group) is 1. The Morgan fingerprint density at radius 1 is 1.19 bits per heavy atom. The first-order valence-electron chi connectivity index (χ1n) is 13.6. The minimum Gasteiger partial charge on any atom is -0.477 e. The van der Waals surface area contributed by atoms with Crippen molar-refractivity contribution in [2.24, 2.45) is 5.41 Å². The largest absolute Gasteiger partial charge is 0.477 e. The third kappa shape index (κ3) is 8.50. The fraction of sp³-hybridized carbons (Fsp3) is 0.615. The lowest BCUT2D eigenvalue weighted by Gasteiger charge is -2.42. The van der Waals surface area contributed by atoms with E-state index in [0.29, 0.717) is 13.0 Å². The number of thiol groups is 1. The summed E-state index contributed by atoms with van der Waals surface area (Å²) in [7, 11) is 1.29. The Hall–Kier alpha value is -3.53. The highest BCUT2D eigenvalue weighted by atomic mass is 32.1. The summed E-state index contributed by atoms with van der Waals surface area (Å²) in [6.07, 6.45) is 4.98. The second kappa shape index (κ2) is 14.6. The first kappa shape index (κ1) is 33.0. The second-order valence-corrected chi connectivity index (χ2v) is 10.4. The zero-order valence-electron chi connectivity index (χ0n) is 24.4. The van der Waals surface area contributed by atoms with Gasteiger partial charge in [0.1, 0.15) is 18.0 Å². The number of ether oxygens (including phenoxy) is 2. The molecule has 3 N–H and O–H groups in total. The number of alkyl halides is 2. The minimum atomic E-state index is -3.16. The molecule has 2 fully saturated rings. The van der Waals surface area contributed by atoms with Gasteiger partial charge in [0.2, 0.25) is 11.8 Å². The van der Waals surface area contributed by atoms with Gasteiger partial charge in [0.15, 0.2) is 5.82 Å². The summed E-state index contributed by atoms with van der Waals surface area (Å²) in [5.74, 6) is -2.46. The predicted molar refractivity (Wildman–Crippen MR) is 158 cm³/mol. The van der Waals surface area contributed by atoms with Crippen LogP contribution >= 0.6 is 12.6 Å². The topological polar surface area (TPSA) is 147 Å². The van der Waals surface area contributed by atoms with Crippen LogP contribution in [-0.2, 0) is 4.74 Å². The van der Waals surface area contributed by atoms with Crippen molar-refractivity contribution in [3.63, 3.8) is 0 Å². The van der Waals surface area contributed by atoms with Crippen molar-refractivity contribution in [1.29, 1.82) is 0 Å². The predicted octanol–water partition coefficient (Wildman–Crippen LogP) is 3.53. The molecule has 2 atom stereocenters. The van der Waals surface area contributed by atoms with Crippen LogP contribution in [0.25, 0.3) is 0 Å². The zero-order chi connectivity index (χ0) is 30.9. The van der Waals surface area contributed by atoms with E-state index in [1.54, 1.807) is 18.1 Å². The molecule has 232 valence electrons. The quantitative estimate of drug-likeness (QED) is 0.343. The van der Waals surface area contributed by atoms with Gasteiger partial charge in [-0.15, -0.1) is 0 Å². The number of carbonyl (C=O) groups excluding carboxylic acids is 2. The van der Waals surface area contributed by atoms with E-state index in [2.05, 4.69) is 48.5 Å². The van der Waals surface area contributed by atoms with Gasteiger partial charge in [-0.3, -0.25) is 10.6 Å². The molecule has 2 saturated heterocycles. The Morgan fingerprint density at radius 3 is 2.62 bits per heavy atom. The minimum absolute atomic E-state index is 0.0412. The van der Waals surface area contributed by atoms with E-state index >= 15 is 0 Å². The average Bonchev–Trinajstić information content (AvgIpc) is 2.96. The second-order valence-electron chi connectivity index (χ2n) is 10.4. The van der Waals surface area contributed by atoms with Crippen LogP contribution in [0.2, 0.25) is 0 Å². The van der Waals surface area contributed by atoms with Crippen LogP contribution in [0.3, 0.4) is 0 Å². The summed E-state index contributed by atoms with van der Waals surface area (Å²) >= 11 is 3.53. The van der Waals surface area contributed by atoms with E-state index < -0.39 is 30.5 Å². The third-order valence-corrected chi connectivity index (χ3v) is 6.98. The average molecular weight is 612 g/mol. The lowest BCUT2D eigenvalue weighted by molar-refractivity contribution is -0.0760. The maximum atomic E-state index is 15.0. The summed E-state index contributed by atoms with van der Waals surface area (Å²) in [5, 5.41) is 8.37. The molecule has 2 aliphatic heterocycles. The molecule has 0 bridgehead atoms. The first-order chi connectivity index (χ1) is 20.0. The van der Waals surface area contributed by atoms with Gasteiger partial charge < -0.3 is 24.6 Å². The van der Waals surface area contributed by atoms with Gasteiger partial charge in [-0.2, -0.15) is 17.6 Å². The van der Waals surface area contributed by atoms with Gasteiger partial charge in [0.25, 0.3) is 5.92 Å². The summed E-state index contributed by atoms with van der Waals surface area (Å²) < 4.78 is 40.8. The number of nitrogens with one attached hydrogen (secondary N) is 3. The van der Waals surface area contributed by atoms with Crippen molar-refractivity contribution in [1.82, 2.24) is 30.2 Å². The van der Waals surface area contributed by atoms with Gasteiger partial charge in [-0.25, -0.2) is 33.3 Å². The SMILES string of the molecule is CCOc1cnc(NC(=O)N(C)C2CN(c3nccc(NC(=O)OC4CCNCC4(C)C)n3)CCC2(F)F)cn1.CS. The van der Waals surface area contributed by atoms with Crippen molar-refractivity contribution < 1.29 is 27.8 Å². The lowest BCUT2D eigenvalue weighted by Crippen LogP contribution is -2.60. The fourth-order valence-corrected chi connectivity index (χ4v) is 4.61. The Bertz CT molecular complexity index is 1190. The smallest absolute Gasteiger partial charge is 0.413 e. The maximum absolute atomic E-state index is 15.0. The molecular formula is C26H39F2N9O4S. The number of halogens is 2. The highest BCUT2D eigenvalue weighted by Gasteiger charge is 2.48. The molecule has 0 aliphatic carbocycles. The van der Waals surface area contributed by atoms with Crippen molar-refractivity contribution in [2.45, 2.75) is 51.7 Å². The van der Waals surface area contributed by atoms with E-state index in [0.717, 1.165) is 18.0 Å². The summed E-state index contributed by atoms with van der Waals surface area (Å²) in [6, 6.07) is -0.764. The van der Waals surface area contributed by atoms with E-state index in [4.69, 9.17) is 9.47 Å². The molecule has 3 amide bonds. The molecule has 0 saturated carbocycles. The third-order valence-electron chi connectivity index (χ3n) is 6.98. The van der Waals surface area contributed by atoms with Crippen LogP contribution in [0, 0.1) is 5.41 Å². The van der Waals surface area contributed by atoms with Crippen LogP contribution in [0.4, 0.5) is 36.0 Å². The lowest BCUT2D eigenvalue weighted by atomic mass is 9.82. The molecule has 42 heavy (non-hydrogen) atoms. The van der Waals surface area contributed by atoms with E-state index in [1.165, 1.54) is 31.7 Å². The number of urea groups is 1. The van der Waals surface area contributed by atoms with Crippen LogP contribution in [-0.4, -0.2) is 101 Å². The van der Waals surface area contributed by atoms with Crippen molar-refractivity contribution >= 4 is 42.3 Å². The summed E-state index contributed by atoms with van der Waals surface area (Å²) in [5.41, 5.74) is -0.224. The molecule has 16 heteroatoms. The number of piperidine rings is 2. The number of hydrogen-bond acceptors (Lipinski definition) is 11. The number of anilines is 3. The Morgan fingerprint density at radius 2 is 1.95 bits per heavy atom. The molecule has 0 spiro atoms.